The van der Waals surface area contributed by atoms with Gasteiger partial charge in [0, 0.05) is 19.3 Å². The fourth-order valence-electron chi connectivity index (χ4n) is 2.28. The molecule has 5 nitrogen and oxygen atoms in total. The molecular weight excluding hydrogens is 230 g/mol. The van der Waals surface area contributed by atoms with E-state index < -0.39 is 0 Å². The Bertz CT molecular complexity index is 422. The summed E-state index contributed by atoms with van der Waals surface area (Å²) in [7, 11) is 0. The van der Waals surface area contributed by atoms with E-state index in [1.165, 1.54) is 0 Å². The molecule has 1 saturated heterocycles. The van der Waals surface area contributed by atoms with E-state index in [4.69, 9.17) is 4.74 Å². The van der Waals surface area contributed by atoms with Gasteiger partial charge in [-0.1, -0.05) is 0 Å². The highest BCUT2D eigenvalue weighted by Crippen LogP contribution is 2.16. The zero-order valence-electron chi connectivity index (χ0n) is 11.3. The Labute approximate surface area is 108 Å². The first-order valence-electron chi connectivity index (χ1n) is 6.58. The second kappa shape index (κ2) is 5.52. The Morgan fingerprint density at radius 2 is 2.50 bits per heavy atom. The third-order valence-electron chi connectivity index (χ3n) is 3.40. The number of nitrogens with zero attached hydrogens (tertiary/aromatic N) is 2. The molecule has 0 aromatic carbocycles. The van der Waals surface area contributed by atoms with Crippen molar-refractivity contribution in [2.45, 2.75) is 52.3 Å². The number of aryl methyl sites for hydroxylation is 2. The van der Waals surface area contributed by atoms with Crippen molar-refractivity contribution in [3.63, 3.8) is 0 Å². The Morgan fingerprint density at radius 1 is 1.72 bits per heavy atom. The number of ether oxygens (including phenoxy) is 1. The molecule has 18 heavy (non-hydrogen) atoms. The molecule has 1 aliphatic rings. The summed E-state index contributed by atoms with van der Waals surface area (Å²) in [5, 5.41) is 7.28. The largest absolute Gasteiger partial charge is 0.376 e. The highest BCUT2D eigenvalue weighted by molar-refractivity contribution is 5.95. The molecule has 0 saturated carbocycles. The molecule has 1 fully saturated rings. The monoisotopic (exact) mass is 251 g/mol. The van der Waals surface area contributed by atoms with Gasteiger partial charge in [-0.05, 0) is 33.6 Å². The van der Waals surface area contributed by atoms with Gasteiger partial charge in [0.25, 0.3) is 5.91 Å². The van der Waals surface area contributed by atoms with Crippen molar-refractivity contribution < 1.29 is 9.53 Å². The summed E-state index contributed by atoms with van der Waals surface area (Å²) in [6, 6.07) is 0.0457. The van der Waals surface area contributed by atoms with Crippen molar-refractivity contribution in [1.29, 1.82) is 0 Å². The molecule has 5 heteroatoms. The number of carbonyl (C=O) groups is 1. The van der Waals surface area contributed by atoms with Crippen LogP contribution in [0.15, 0.2) is 6.20 Å². The van der Waals surface area contributed by atoms with E-state index in [0.29, 0.717) is 5.56 Å². The zero-order chi connectivity index (χ0) is 13.1. The summed E-state index contributed by atoms with van der Waals surface area (Å²) in [6.07, 6.45) is 4.05. The summed E-state index contributed by atoms with van der Waals surface area (Å²) in [5.41, 5.74) is 1.43. The second-order valence-electron chi connectivity index (χ2n) is 4.80. The Balaban J connectivity index is 1.99. The first-order chi connectivity index (χ1) is 8.61. The molecule has 0 spiro atoms. The summed E-state index contributed by atoms with van der Waals surface area (Å²) in [6.45, 7) is 7.43. The topological polar surface area (TPSA) is 56.2 Å². The Kier molecular flexibility index (Phi) is 4.01. The molecule has 1 aliphatic heterocycles. The van der Waals surface area contributed by atoms with Gasteiger partial charge in [0.15, 0.2) is 0 Å². The summed E-state index contributed by atoms with van der Waals surface area (Å²) >= 11 is 0. The highest BCUT2D eigenvalue weighted by atomic mass is 16.5. The van der Waals surface area contributed by atoms with Crippen molar-refractivity contribution in [3.05, 3.63) is 17.5 Å². The number of hydrogen-bond donors (Lipinski definition) is 1. The molecule has 2 atom stereocenters. The van der Waals surface area contributed by atoms with Crippen LogP contribution in [0.1, 0.15) is 42.7 Å². The average Bonchev–Trinajstić information content (AvgIpc) is 2.97. The molecule has 2 rings (SSSR count). The van der Waals surface area contributed by atoms with E-state index in [1.54, 1.807) is 10.9 Å². The van der Waals surface area contributed by atoms with Crippen molar-refractivity contribution in [3.8, 4) is 0 Å². The fourth-order valence-corrected chi connectivity index (χ4v) is 2.28. The van der Waals surface area contributed by atoms with Gasteiger partial charge in [0.1, 0.15) is 0 Å². The molecule has 0 radical (unpaired) electrons. The lowest BCUT2D eigenvalue weighted by atomic mass is 10.1. The van der Waals surface area contributed by atoms with Gasteiger partial charge < -0.3 is 10.1 Å². The van der Waals surface area contributed by atoms with Crippen molar-refractivity contribution in [2.75, 3.05) is 6.61 Å². The predicted octanol–water partition coefficient (Wildman–Crippen LogP) is 1.51. The summed E-state index contributed by atoms with van der Waals surface area (Å²) < 4.78 is 7.35. The van der Waals surface area contributed by atoms with Crippen LogP contribution in [0.3, 0.4) is 0 Å². The Morgan fingerprint density at radius 3 is 3.06 bits per heavy atom. The van der Waals surface area contributed by atoms with E-state index in [2.05, 4.69) is 10.4 Å². The summed E-state index contributed by atoms with van der Waals surface area (Å²) in [4.78, 5) is 12.1. The molecule has 0 unspecified atom stereocenters. The molecule has 2 heterocycles. The van der Waals surface area contributed by atoms with E-state index in [0.717, 1.165) is 31.7 Å². The Hall–Kier alpha value is -1.36. The van der Waals surface area contributed by atoms with E-state index in [-0.39, 0.29) is 18.1 Å². The van der Waals surface area contributed by atoms with Gasteiger partial charge in [-0.2, -0.15) is 5.10 Å². The standard InChI is InChI=1S/C13H21N3O2/c1-4-16-8-11(9(2)15-16)13(17)14-10(3)12-6-5-7-18-12/h8,10,12H,4-7H2,1-3H3,(H,14,17)/t10-,12+/m0/s1. The lowest BCUT2D eigenvalue weighted by molar-refractivity contribution is 0.0712. The van der Waals surface area contributed by atoms with Crippen molar-refractivity contribution in [2.24, 2.45) is 0 Å². The number of aromatic nitrogens is 2. The number of carbonyl (C=O) groups excluding carboxylic acids is 1. The van der Waals surface area contributed by atoms with Crippen molar-refractivity contribution >= 4 is 5.91 Å². The van der Waals surface area contributed by atoms with Crippen LogP contribution in [-0.4, -0.2) is 34.4 Å². The maximum absolute atomic E-state index is 12.1. The smallest absolute Gasteiger partial charge is 0.255 e. The molecule has 1 N–H and O–H groups in total. The van der Waals surface area contributed by atoms with Gasteiger partial charge in [-0.3, -0.25) is 9.48 Å². The van der Waals surface area contributed by atoms with Gasteiger partial charge in [0.05, 0.1) is 23.4 Å². The normalized spacial score (nSPS) is 20.9. The van der Waals surface area contributed by atoms with E-state index >= 15 is 0 Å². The number of amides is 1. The molecule has 0 bridgehead atoms. The third kappa shape index (κ3) is 2.72. The third-order valence-corrected chi connectivity index (χ3v) is 3.40. The predicted molar refractivity (Wildman–Crippen MR) is 68.5 cm³/mol. The van der Waals surface area contributed by atoms with Gasteiger partial charge in [-0.25, -0.2) is 0 Å². The van der Waals surface area contributed by atoms with E-state index in [1.807, 2.05) is 20.8 Å². The molecular formula is C13H21N3O2. The minimum absolute atomic E-state index is 0.0457. The summed E-state index contributed by atoms with van der Waals surface area (Å²) in [5.74, 6) is -0.0600. The van der Waals surface area contributed by atoms with Crippen LogP contribution in [0, 0.1) is 6.92 Å². The minimum atomic E-state index is -0.0600. The molecule has 0 aliphatic carbocycles. The maximum Gasteiger partial charge on any atom is 0.255 e. The minimum Gasteiger partial charge on any atom is -0.376 e. The molecule has 1 amide bonds. The quantitative estimate of drug-likeness (QED) is 0.882. The van der Waals surface area contributed by atoms with Crippen molar-refractivity contribution in [1.82, 2.24) is 15.1 Å². The van der Waals surface area contributed by atoms with Crippen LogP contribution in [0.25, 0.3) is 0 Å². The first kappa shape index (κ1) is 13.1. The van der Waals surface area contributed by atoms with Gasteiger partial charge >= 0.3 is 0 Å². The van der Waals surface area contributed by atoms with E-state index in [9.17, 15) is 4.79 Å². The molecule has 1 aromatic heterocycles. The average molecular weight is 251 g/mol. The number of hydrogen-bond acceptors (Lipinski definition) is 3. The fraction of sp³-hybridized carbons (Fsp3) is 0.692. The van der Waals surface area contributed by atoms with Crippen LogP contribution in [0.5, 0.6) is 0 Å². The maximum atomic E-state index is 12.1. The van der Waals surface area contributed by atoms with Crippen LogP contribution >= 0.6 is 0 Å². The van der Waals surface area contributed by atoms with Crippen LogP contribution in [0.4, 0.5) is 0 Å². The number of nitrogens with one attached hydrogen (secondary N) is 1. The van der Waals surface area contributed by atoms with Crippen LogP contribution in [-0.2, 0) is 11.3 Å². The zero-order valence-corrected chi connectivity index (χ0v) is 11.3. The van der Waals surface area contributed by atoms with Gasteiger partial charge in [0.2, 0.25) is 0 Å². The van der Waals surface area contributed by atoms with Crippen LogP contribution < -0.4 is 5.32 Å². The molecule has 1 aromatic rings. The number of rotatable bonds is 4. The lowest BCUT2D eigenvalue weighted by Crippen LogP contribution is -2.40. The molecule has 100 valence electrons. The second-order valence-corrected chi connectivity index (χ2v) is 4.80. The lowest BCUT2D eigenvalue weighted by Gasteiger charge is -2.19. The SMILES string of the molecule is CCn1cc(C(=O)N[C@@H](C)[C@H]2CCCO2)c(C)n1. The first-order valence-corrected chi connectivity index (χ1v) is 6.58. The van der Waals surface area contributed by atoms with Crippen LogP contribution in [0.2, 0.25) is 0 Å². The van der Waals surface area contributed by atoms with Gasteiger partial charge in [-0.15, -0.1) is 0 Å². The highest BCUT2D eigenvalue weighted by Gasteiger charge is 2.24.